The summed E-state index contributed by atoms with van der Waals surface area (Å²) in [5.41, 5.74) is 2.34. The number of piperidine rings is 1. The van der Waals surface area contributed by atoms with Crippen molar-refractivity contribution >= 4 is 17.3 Å². The van der Waals surface area contributed by atoms with Crippen molar-refractivity contribution in [2.45, 2.75) is 46.1 Å². The summed E-state index contributed by atoms with van der Waals surface area (Å²) >= 11 is 1.77. The Labute approximate surface area is 183 Å². The van der Waals surface area contributed by atoms with E-state index < -0.39 is 0 Å². The zero-order valence-electron chi connectivity index (χ0n) is 18.2. The van der Waals surface area contributed by atoms with Crippen LogP contribution in [0.1, 0.15) is 43.0 Å². The largest absolute Gasteiger partial charge is 0.357 e. The molecule has 2 aromatic rings. The maximum atomic E-state index is 13.0. The average molecular weight is 432 g/mol. The predicted octanol–water partition coefficient (Wildman–Crippen LogP) is 3.85. The highest BCUT2D eigenvalue weighted by Crippen LogP contribution is 2.20. The fourth-order valence-electron chi connectivity index (χ4n) is 3.68. The van der Waals surface area contributed by atoms with Gasteiger partial charge in [-0.15, -0.1) is 11.3 Å². The van der Waals surface area contributed by atoms with E-state index in [0.29, 0.717) is 5.92 Å². The van der Waals surface area contributed by atoms with Gasteiger partial charge in [0.15, 0.2) is 5.96 Å². The highest BCUT2D eigenvalue weighted by molar-refractivity contribution is 7.09. The molecule has 0 aliphatic carbocycles. The first-order valence-electron chi connectivity index (χ1n) is 11.1. The molecular weight excluding hydrogens is 397 g/mol. The summed E-state index contributed by atoms with van der Waals surface area (Å²) in [5.74, 6) is 1.32. The van der Waals surface area contributed by atoms with Gasteiger partial charge < -0.3 is 10.6 Å². The van der Waals surface area contributed by atoms with Crippen LogP contribution in [0.2, 0.25) is 0 Å². The van der Waals surface area contributed by atoms with Gasteiger partial charge in [0.25, 0.3) is 0 Å². The number of aromatic nitrogens is 1. The lowest BCUT2D eigenvalue weighted by molar-refractivity contribution is 0.179. The van der Waals surface area contributed by atoms with Crippen molar-refractivity contribution in [2.24, 2.45) is 10.9 Å². The molecule has 1 aliphatic heterocycles. The number of aliphatic imine (C=N–C) groups is 1. The third-order valence-corrected chi connectivity index (χ3v) is 6.51. The van der Waals surface area contributed by atoms with E-state index in [1.165, 1.54) is 35.7 Å². The van der Waals surface area contributed by atoms with Crippen molar-refractivity contribution in [2.75, 3.05) is 32.7 Å². The molecule has 3 rings (SSSR count). The van der Waals surface area contributed by atoms with Gasteiger partial charge in [-0.05, 0) is 69.3 Å². The van der Waals surface area contributed by atoms with Gasteiger partial charge >= 0.3 is 0 Å². The number of hydrogen-bond donors (Lipinski definition) is 2. The maximum absolute atomic E-state index is 13.0. The van der Waals surface area contributed by atoms with Gasteiger partial charge in [-0.2, -0.15) is 0 Å². The number of benzene rings is 1. The van der Waals surface area contributed by atoms with Gasteiger partial charge in [0.2, 0.25) is 0 Å². The molecule has 1 fully saturated rings. The Balaban J connectivity index is 1.39. The monoisotopic (exact) mass is 431 g/mol. The van der Waals surface area contributed by atoms with Crippen LogP contribution in [0.3, 0.4) is 0 Å². The Kier molecular flexibility index (Phi) is 9.08. The second-order valence-electron chi connectivity index (χ2n) is 7.83. The molecule has 0 spiro atoms. The molecule has 1 aromatic carbocycles. The van der Waals surface area contributed by atoms with E-state index in [9.17, 15) is 4.39 Å². The smallest absolute Gasteiger partial charge is 0.191 e. The summed E-state index contributed by atoms with van der Waals surface area (Å²) in [5, 5.41) is 10.2. The molecule has 7 heteroatoms. The average Bonchev–Trinajstić information content (AvgIpc) is 3.22. The van der Waals surface area contributed by atoms with E-state index in [2.05, 4.69) is 34.8 Å². The number of hydrogen-bond acceptors (Lipinski definition) is 4. The van der Waals surface area contributed by atoms with Crippen LogP contribution in [0.5, 0.6) is 0 Å². The fraction of sp³-hybridized carbons (Fsp3) is 0.565. The molecule has 1 saturated heterocycles. The summed E-state index contributed by atoms with van der Waals surface area (Å²) in [6.45, 7) is 9.93. The maximum Gasteiger partial charge on any atom is 0.191 e. The van der Waals surface area contributed by atoms with Crippen molar-refractivity contribution in [3.63, 3.8) is 0 Å². The highest BCUT2D eigenvalue weighted by Gasteiger charge is 2.20. The molecule has 0 radical (unpaired) electrons. The van der Waals surface area contributed by atoms with Crippen LogP contribution in [0, 0.1) is 11.7 Å². The number of nitrogens with zero attached hydrogens (tertiary/aromatic N) is 3. The van der Waals surface area contributed by atoms with Gasteiger partial charge in [-0.25, -0.2) is 9.37 Å². The van der Waals surface area contributed by atoms with E-state index in [4.69, 9.17) is 9.98 Å². The summed E-state index contributed by atoms with van der Waals surface area (Å²) in [6.07, 6.45) is 4.24. The molecule has 164 valence electrons. The second-order valence-corrected chi connectivity index (χ2v) is 8.77. The molecule has 2 N–H and O–H groups in total. The van der Waals surface area contributed by atoms with Crippen molar-refractivity contribution < 1.29 is 4.39 Å². The lowest BCUT2D eigenvalue weighted by Crippen LogP contribution is -2.39. The van der Waals surface area contributed by atoms with Crippen LogP contribution in [0.15, 0.2) is 34.6 Å². The van der Waals surface area contributed by atoms with Gasteiger partial charge in [0.1, 0.15) is 5.82 Å². The Hall–Kier alpha value is -1.99. The number of nitrogens with one attached hydrogen (secondary N) is 2. The molecule has 0 saturated carbocycles. The molecular formula is C23H34FN5S. The summed E-state index contributed by atoms with van der Waals surface area (Å²) in [7, 11) is 0. The minimum absolute atomic E-state index is 0.190. The molecule has 0 bridgehead atoms. The Bertz CT molecular complexity index is 781. The summed E-state index contributed by atoms with van der Waals surface area (Å²) < 4.78 is 13.0. The molecule has 0 unspecified atom stereocenters. The van der Waals surface area contributed by atoms with Crippen molar-refractivity contribution in [1.29, 1.82) is 0 Å². The first-order valence-corrected chi connectivity index (χ1v) is 12.0. The van der Waals surface area contributed by atoms with Gasteiger partial charge in [0, 0.05) is 31.6 Å². The minimum atomic E-state index is -0.190. The normalized spacial score (nSPS) is 16.0. The van der Waals surface area contributed by atoms with Crippen LogP contribution in [-0.4, -0.2) is 48.6 Å². The lowest BCUT2D eigenvalue weighted by Gasteiger charge is -2.30. The standard InChI is InChI=1S/C23H34FN5S/c1-3-22-28-21(17-30-22)16-29-13-10-19(11-14-29)15-27-23(25-4-2)26-12-9-18-5-7-20(24)8-6-18/h5-8,17,19H,3-4,9-16H2,1-2H3,(H2,25,26,27). The van der Waals surface area contributed by atoms with E-state index in [1.54, 1.807) is 11.3 Å². The predicted molar refractivity (Wildman–Crippen MR) is 124 cm³/mol. The zero-order valence-corrected chi connectivity index (χ0v) is 19.0. The zero-order chi connectivity index (χ0) is 21.2. The number of halogens is 1. The SMILES string of the molecule is CCNC(=NCC1CCN(Cc2csc(CC)n2)CC1)NCCc1ccc(F)cc1. The molecule has 1 aromatic heterocycles. The topological polar surface area (TPSA) is 52.6 Å². The Morgan fingerprint density at radius 3 is 2.63 bits per heavy atom. The van der Waals surface area contributed by atoms with Crippen LogP contribution in [0.25, 0.3) is 0 Å². The Morgan fingerprint density at radius 1 is 1.20 bits per heavy atom. The van der Waals surface area contributed by atoms with Crippen LogP contribution < -0.4 is 10.6 Å². The Morgan fingerprint density at radius 2 is 1.97 bits per heavy atom. The van der Waals surface area contributed by atoms with Gasteiger partial charge in [0.05, 0.1) is 10.7 Å². The van der Waals surface area contributed by atoms with E-state index >= 15 is 0 Å². The van der Waals surface area contributed by atoms with Crippen LogP contribution >= 0.6 is 11.3 Å². The van der Waals surface area contributed by atoms with Crippen molar-refractivity contribution in [3.8, 4) is 0 Å². The lowest BCUT2D eigenvalue weighted by atomic mass is 9.97. The molecule has 0 atom stereocenters. The van der Waals surface area contributed by atoms with Gasteiger partial charge in [-0.1, -0.05) is 19.1 Å². The molecule has 2 heterocycles. The number of aryl methyl sites for hydroxylation is 1. The quantitative estimate of drug-likeness (QED) is 0.468. The van der Waals surface area contributed by atoms with Crippen LogP contribution in [0.4, 0.5) is 4.39 Å². The first-order chi connectivity index (χ1) is 14.7. The second kappa shape index (κ2) is 12.0. The van der Waals surface area contributed by atoms with E-state index in [0.717, 1.165) is 63.6 Å². The molecule has 1 aliphatic rings. The third-order valence-electron chi connectivity index (χ3n) is 5.47. The van der Waals surface area contributed by atoms with Crippen molar-refractivity contribution in [1.82, 2.24) is 20.5 Å². The molecule has 5 nitrogen and oxygen atoms in total. The van der Waals surface area contributed by atoms with Gasteiger partial charge in [-0.3, -0.25) is 9.89 Å². The first kappa shape index (κ1) is 22.7. The number of rotatable bonds is 9. The van der Waals surface area contributed by atoms with Crippen molar-refractivity contribution in [3.05, 3.63) is 51.7 Å². The number of guanidine groups is 1. The third kappa shape index (κ3) is 7.36. The molecule has 0 amide bonds. The summed E-state index contributed by atoms with van der Waals surface area (Å²) in [4.78, 5) is 12.0. The van der Waals surface area contributed by atoms with E-state index in [-0.39, 0.29) is 5.82 Å². The fourth-order valence-corrected chi connectivity index (χ4v) is 4.41. The highest BCUT2D eigenvalue weighted by atomic mass is 32.1. The minimum Gasteiger partial charge on any atom is -0.357 e. The summed E-state index contributed by atoms with van der Waals surface area (Å²) in [6, 6.07) is 6.70. The molecule has 30 heavy (non-hydrogen) atoms. The number of thiazole rings is 1. The van der Waals surface area contributed by atoms with E-state index in [1.807, 2.05) is 12.1 Å². The number of likely N-dealkylation sites (tertiary alicyclic amines) is 1. The van der Waals surface area contributed by atoms with Crippen LogP contribution in [-0.2, 0) is 19.4 Å².